The fraction of sp³-hybridized carbons (Fsp3) is 0.278. The van der Waals surface area contributed by atoms with Crippen LogP contribution < -0.4 is 5.32 Å². The van der Waals surface area contributed by atoms with Gasteiger partial charge in [-0.2, -0.15) is 17.5 Å². The third-order valence-electron chi connectivity index (χ3n) is 4.38. The van der Waals surface area contributed by atoms with Crippen LogP contribution in [0, 0.1) is 0 Å². The van der Waals surface area contributed by atoms with Gasteiger partial charge >= 0.3 is 6.18 Å². The van der Waals surface area contributed by atoms with Crippen LogP contribution in [-0.2, 0) is 21.0 Å². The van der Waals surface area contributed by atoms with E-state index in [1.54, 1.807) is 12.1 Å². The molecule has 0 aromatic heterocycles. The fourth-order valence-corrected chi connectivity index (χ4v) is 4.95. The molecule has 1 fully saturated rings. The Balaban J connectivity index is 1.81. The van der Waals surface area contributed by atoms with Crippen LogP contribution in [-0.4, -0.2) is 31.2 Å². The molecule has 1 N–H and O–H groups in total. The number of halogens is 4. The molecule has 0 saturated carbocycles. The van der Waals surface area contributed by atoms with Gasteiger partial charge in [0, 0.05) is 16.7 Å². The molecule has 28 heavy (non-hydrogen) atoms. The number of nitrogens with one attached hydrogen (secondary N) is 1. The molecule has 1 atom stereocenters. The Morgan fingerprint density at radius 2 is 1.82 bits per heavy atom. The van der Waals surface area contributed by atoms with E-state index < -0.39 is 33.7 Å². The van der Waals surface area contributed by atoms with Crippen molar-refractivity contribution < 1.29 is 26.4 Å². The molecule has 0 aliphatic carbocycles. The van der Waals surface area contributed by atoms with E-state index in [0.717, 1.165) is 16.4 Å². The third-order valence-corrected chi connectivity index (χ3v) is 6.84. The highest BCUT2D eigenvalue weighted by atomic mass is 79.9. The number of anilines is 1. The zero-order valence-corrected chi connectivity index (χ0v) is 16.8. The highest BCUT2D eigenvalue weighted by Gasteiger charge is 2.39. The molecular formula is C18H16BrF3N2O3S. The smallest absolute Gasteiger partial charge is 0.325 e. The van der Waals surface area contributed by atoms with E-state index in [0.29, 0.717) is 17.3 Å². The Bertz CT molecular complexity index is 978. The highest BCUT2D eigenvalue weighted by molar-refractivity contribution is 9.10. The summed E-state index contributed by atoms with van der Waals surface area (Å²) in [7, 11) is -3.90. The van der Waals surface area contributed by atoms with Gasteiger partial charge in [0.05, 0.1) is 10.5 Å². The summed E-state index contributed by atoms with van der Waals surface area (Å²) < 4.78 is 66.1. The number of amides is 1. The first kappa shape index (κ1) is 20.8. The predicted octanol–water partition coefficient (Wildman–Crippen LogP) is 4.26. The first-order chi connectivity index (χ1) is 13.1. The van der Waals surface area contributed by atoms with Crippen molar-refractivity contribution >= 4 is 37.5 Å². The van der Waals surface area contributed by atoms with E-state index in [4.69, 9.17) is 0 Å². The summed E-state index contributed by atoms with van der Waals surface area (Å²) in [6.07, 6.45) is -3.76. The second-order valence-electron chi connectivity index (χ2n) is 6.30. The van der Waals surface area contributed by atoms with Gasteiger partial charge < -0.3 is 5.32 Å². The van der Waals surface area contributed by atoms with Crippen molar-refractivity contribution in [3.63, 3.8) is 0 Å². The number of nitrogens with zero attached hydrogens (tertiary/aromatic N) is 1. The lowest BCUT2D eigenvalue weighted by atomic mass is 10.1. The summed E-state index contributed by atoms with van der Waals surface area (Å²) in [5.41, 5.74) is -0.927. The maximum absolute atomic E-state index is 12.9. The number of carbonyl (C=O) groups is 1. The molecule has 5 nitrogen and oxygen atoms in total. The Labute approximate surface area is 168 Å². The quantitative estimate of drug-likeness (QED) is 0.716. The number of benzene rings is 2. The van der Waals surface area contributed by atoms with Gasteiger partial charge in [-0.1, -0.05) is 22.0 Å². The van der Waals surface area contributed by atoms with Crippen molar-refractivity contribution in [2.45, 2.75) is 30.0 Å². The van der Waals surface area contributed by atoms with Crippen molar-refractivity contribution in [1.29, 1.82) is 0 Å². The monoisotopic (exact) mass is 476 g/mol. The number of alkyl halides is 3. The van der Waals surface area contributed by atoms with Gasteiger partial charge in [0.25, 0.3) is 0 Å². The minimum atomic E-state index is -4.54. The molecule has 1 aliphatic rings. The molecular weight excluding hydrogens is 461 g/mol. The number of hydrogen-bond donors (Lipinski definition) is 1. The Morgan fingerprint density at radius 1 is 1.14 bits per heavy atom. The normalized spacial score (nSPS) is 18.2. The molecule has 10 heteroatoms. The lowest BCUT2D eigenvalue weighted by molar-refractivity contribution is -0.137. The third kappa shape index (κ3) is 4.39. The fourth-order valence-electron chi connectivity index (χ4n) is 3.03. The Kier molecular flexibility index (Phi) is 5.83. The van der Waals surface area contributed by atoms with E-state index in [9.17, 15) is 26.4 Å². The summed E-state index contributed by atoms with van der Waals surface area (Å²) in [6.45, 7) is 0.166. The topological polar surface area (TPSA) is 66.5 Å². The zero-order valence-electron chi connectivity index (χ0n) is 14.4. The van der Waals surface area contributed by atoms with Crippen molar-refractivity contribution in [3.05, 3.63) is 58.6 Å². The number of hydrogen-bond acceptors (Lipinski definition) is 3. The van der Waals surface area contributed by atoms with Gasteiger partial charge in [-0.05, 0) is 55.3 Å². The molecule has 1 heterocycles. The van der Waals surface area contributed by atoms with E-state index in [-0.39, 0.29) is 17.1 Å². The Morgan fingerprint density at radius 3 is 2.46 bits per heavy atom. The van der Waals surface area contributed by atoms with Crippen LogP contribution in [0.1, 0.15) is 18.4 Å². The van der Waals surface area contributed by atoms with Crippen molar-refractivity contribution in [2.75, 3.05) is 11.9 Å². The molecule has 0 radical (unpaired) electrons. The summed E-state index contributed by atoms with van der Waals surface area (Å²) in [4.78, 5) is 12.7. The standard InChI is InChI=1S/C18H16BrF3N2O3S/c19-13-6-8-15(9-7-13)28(26,27)24-10-2-5-16(24)17(25)23-14-4-1-3-12(11-14)18(20,21)22/h1,3-4,6-9,11,16H,2,5,10H2,(H,23,25)/t16-/m0/s1. The summed E-state index contributed by atoms with van der Waals surface area (Å²) in [6, 6.07) is 9.28. The maximum atomic E-state index is 12.9. The van der Waals surface area contributed by atoms with Crippen LogP contribution in [0.15, 0.2) is 57.9 Å². The molecule has 150 valence electrons. The molecule has 1 saturated heterocycles. The summed E-state index contributed by atoms with van der Waals surface area (Å²) in [5.74, 6) is -0.655. The van der Waals surface area contributed by atoms with Gasteiger partial charge in [-0.15, -0.1) is 0 Å². The van der Waals surface area contributed by atoms with Crippen LogP contribution in [0.25, 0.3) is 0 Å². The van der Waals surface area contributed by atoms with Crippen LogP contribution >= 0.6 is 15.9 Å². The zero-order chi connectivity index (χ0) is 20.5. The first-order valence-electron chi connectivity index (χ1n) is 8.34. The van der Waals surface area contributed by atoms with E-state index in [1.807, 2.05) is 0 Å². The minimum Gasteiger partial charge on any atom is -0.325 e. The lowest BCUT2D eigenvalue weighted by Crippen LogP contribution is -2.43. The molecule has 2 aromatic rings. The van der Waals surface area contributed by atoms with Gasteiger partial charge in [0.1, 0.15) is 6.04 Å². The number of rotatable bonds is 4. The molecule has 1 amide bonds. The first-order valence-corrected chi connectivity index (χ1v) is 10.6. The largest absolute Gasteiger partial charge is 0.416 e. The van der Waals surface area contributed by atoms with Gasteiger partial charge in [0.2, 0.25) is 15.9 Å². The van der Waals surface area contributed by atoms with Crippen LogP contribution in [0.2, 0.25) is 0 Å². The average Bonchev–Trinajstić information content (AvgIpc) is 3.12. The number of carbonyl (C=O) groups excluding carboxylic acids is 1. The van der Waals surface area contributed by atoms with Crippen LogP contribution in [0.3, 0.4) is 0 Å². The lowest BCUT2D eigenvalue weighted by Gasteiger charge is -2.23. The van der Waals surface area contributed by atoms with E-state index in [1.165, 1.54) is 24.3 Å². The summed E-state index contributed by atoms with van der Waals surface area (Å²) >= 11 is 3.23. The predicted molar refractivity (Wildman–Crippen MR) is 101 cm³/mol. The summed E-state index contributed by atoms with van der Waals surface area (Å²) in [5, 5.41) is 2.41. The van der Waals surface area contributed by atoms with Crippen molar-refractivity contribution in [1.82, 2.24) is 4.31 Å². The van der Waals surface area contributed by atoms with Gasteiger partial charge in [-0.25, -0.2) is 8.42 Å². The molecule has 3 rings (SSSR count). The molecule has 0 unspecified atom stereocenters. The Hall–Kier alpha value is -1.91. The molecule has 2 aromatic carbocycles. The van der Waals surface area contributed by atoms with Gasteiger partial charge in [-0.3, -0.25) is 4.79 Å². The average molecular weight is 477 g/mol. The van der Waals surface area contributed by atoms with Crippen molar-refractivity contribution in [2.24, 2.45) is 0 Å². The minimum absolute atomic E-state index is 0.0345. The highest BCUT2D eigenvalue weighted by Crippen LogP contribution is 2.31. The molecule has 0 spiro atoms. The van der Waals surface area contributed by atoms with E-state index in [2.05, 4.69) is 21.2 Å². The maximum Gasteiger partial charge on any atom is 0.416 e. The van der Waals surface area contributed by atoms with Crippen LogP contribution in [0.4, 0.5) is 18.9 Å². The van der Waals surface area contributed by atoms with E-state index >= 15 is 0 Å². The SMILES string of the molecule is O=C(Nc1cccc(C(F)(F)F)c1)[C@@H]1CCCN1S(=O)(=O)c1ccc(Br)cc1. The van der Waals surface area contributed by atoms with Crippen LogP contribution in [0.5, 0.6) is 0 Å². The molecule has 0 bridgehead atoms. The number of sulfonamides is 1. The second kappa shape index (κ2) is 7.84. The van der Waals surface area contributed by atoms with Crippen molar-refractivity contribution in [3.8, 4) is 0 Å². The molecule has 1 aliphatic heterocycles. The second-order valence-corrected chi connectivity index (χ2v) is 9.10. The van der Waals surface area contributed by atoms with Gasteiger partial charge in [0.15, 0.2) is 0 Å².